The van der Waals surface area contributed by atoms with E-state index < -0.39 is 0 Å². The topological polar surface area (TPSA) is 94.1 Å². The van der Waals surface area contributed by atoms with E-state index >= 15 is 0 Å². The fourth-order valence-electron chi connectivity index (χ4n) is 3.32. The van der Waals surface area contributed by atoms with Gasteiger partial charge >= 0.3 is 0 Å². The Morgan fingerprint density at radius 1 is 1.13 bits per heavy atom. The normalized spacial score (nSPS) is 11.2. The van der Waals surface area contributed by atoms with Gasteiger partial charge in [-0.2, -0.15) is 4.98 Å². The average Bonchev–Trinajstić information content (AvgIpc) is 3.33. The third kappa shape index (κ3) is 5.26. The molecular weight excluding hydrogens is 436 g/mol. The molecule has 0 radical (unpaired) electrons. The van der Waals surface area contributed by atoms with Crippen molar-refractivity contribution in [2.24, 2.45) is 0 Å². The number of carbonyl (C=O) groups is 1. The molecule has 0 aliphatic rings. The van der Waals surface area contributed by atoms with Gasteiger partial charge in [-0.1, -0.05) is 46.2 Å². The van der Waals surface area contributed by atoms with Crippen molar-refractivity contribution >= 4 is 46.1 Å². The molecule has 4 aromatic rings. The van der Waals surface area contributed by atoms with Crippen LogP contribution in [0.2, 0.25) is 5.02 Å². The zero-order valence-corrected chi connectivity index (χ0v) is 18.9. The van der Waals surface area contributed by atoms with Gasteiger partial charge in [0.05, 0.1) is 5.75 Å². The number of amides is 1. The zero-order chi connectivity index (χ0) is 22.0. The van der Waals surface area contributed by atoms with Gasteiger partial charge < -0.3 is 14.3 Å². The number of halogens is 1. The van der Waals surface area contributed by atoms with Gasteiger partial charge in [0.2, 0.25) is 11.8 Å². The fraction of sp³-hybridized carbons (Fsp3) is 0.273. The van der Waals surface area contributed by atoms with E-state index in [0.29, 0.717) is 45.2 Å². The molecule has 31 heavy (non-hydrogen) atoms. The Bertz CT molecular complexity index is 1230. The first-order chi connectivity index (χ1) is 14.9. The summed E-state index contributed by atoms with van der Waals surface area (Å²) >= 11 is 7.34. The molecule has 0 aliphatic heterocycles. The number of nitrogens with one attached hydrogen (secondary N) is 1. The molecule has 9 heteroatoms. The first-order valence-electron chi connectivity index (χ1n) is 9.75. The SMILES string of the molecule is Cc1cc(C)c(NC(=O)CCc2nc(CSc3nc4cc(Cl)ccc4o3)no2)c(C)c1. The molecule has 160 valence electrons. The van der Waals surface area contributed by atoms with Crippen LogP contribution in [0.1, 0.15) is 34.8 Å². The number of thioether (sulfide) groups is 1. The van der Waals surface area contributed by atoms with E-state index in [-0.39, 0.29) is 12.3 Å². The number of benzene rings is 2. The first-order valence-corrected chi connectivity index (χ1v) is 11.1. The summed E-state index contributed by atoms with van der Waals surface area (Å²) in [5, 5.41) is 8.07. The molecule has 1 amide bonds. The third-order valence-corrected chi connectivity index (χ3v) is 5.73. The predicted molar refractivity (Wildman–Crippen MR) is 120 cm³/mol. The van der Waals surface area contributed by atoms with Crippen molar-refractivity contribution in [3.8, 4) is 0 Å². The first kappa shape index (κ1) is 21.4. The Morgan fingerprint density at radius 3 is 2.68 bits per heavy atom. The minimum absolute atomic E-state index is 0.0886. The Morgan fingerprint density at radius 2 is 1.90 bits per heavy atom. The maximum atomic E-state index is 12.4. The molecule has 0 saturated heterocycles. The molecule has 2 aromatic heterocycles. The van der Waals surface area contributed by atoms with Gasteiger partial charge in [0.1, 0.15) is 5.52 Å². The number of hydrogen-bond donors (Lipinski definition) is 1. The molecular formula is C22H21ClN4O3S. The third-order valence-electron chi connectivity index (χ3n) is 4.67. The van der Waals surface area contributed by atoms with Crippen LogP contribution in [0, 0.1) is 20.8 Å². The number of aromatic nitrogens is 3. The van der Waals surface area contributed by atoms with Crippen molar-refractivity contribution in [3.63, 3.8) is 0 Å². The quantitative estimate of drug-likeness (QED) is 0.359. The highest BCUT2D eigenvalue weighted by Crippen LogP contribution is 2.27. The number of fused-ring (bicyclic) bond motifs is 1. The molecule has 0 fully saturated rings. The van der Waals surface area contributed by atoms with E-state index in [4.69, 9.17) is 20.5 Å². The fourth-order valence-corrected chi connectivity index (χ4v) is 4.17. The van der Waals surface area contributed by atoms with Crippen LogP contribution in [-0.4, -0.2) is 21.0 Å². The van der Waals surface area contributed by atoms with Crippen LogP contribution in [-0.2, 0) is 17.0 Å². The maximum absolute atomic E-state index is 12.4. The van der Waals surface area contributed by atoms with Crippen molar-refractivity contribution in [2.45, 2.75) is 44.6 Å². The van der Waals surface area contributed by atoms with Crippen LogP contribution in [0.4, 0.5) is 5.69 Å². The minimum atomic E-state index is -0.0886. The molecule has 0 atom stereocenters. The van der Waals surface area contributed by atoms with Crippen molar-refractivity contribution < 1.29 is 13.7 Å². The predicted octanol–water partition coefficient (Wildman–Crippen LogP) is 5.65. The van der Waals surface area contributed by atoms with Gasteiger partial charge in [0.25, 0.3) is 5.22 Å². The van der Waals surface area contributed by atoms with E-state index in [1.54, 1.807) is 18.2 Å². The Labute approximate surface area is 188 Å². The molecule has 0 aliphatic carbocycles. The minimum Gasteiger partial charge on any atom is -0.431 e. The average molecular weight is 457 g/mol. The lowest BCUT2D eigenvalue weighted by Crippen LogP contribution is -2.14. The van der Waals surface area contributed by atoms with E-state index in [2.05, 4.69) is 32.6 Å². The highest BCUT2D eigenvalue weighted by molar-refractivity contribution is 7.98. The molecule has 0 bridgehead atoms. The summed E-state index contributed by atoms with van der Waals surface area (Å²) in [6, 6.07) is 9.39. The van der Waals surface area contributed by atoms with Gasteiger partial charge in [-0.05, 0) is 50.1 Å². The lowest BCUT2D eigenvalue weighted by molar-refractivity contribution is -0.116. The largest absolute Gasteiger partial charge is 0.431 e. The van der Waals surface area contributed by atoms with Gasteiger partial charge in [-0.25, -0.2) is 4.98 Å². The lowest BCUT2D eigenvalue weighted by Gasteiger charge is -2.12. The summed E-state index contributed by atoms with van der Waals surface area (Å²) in [5.74, 6) is 1.30. The van der Waals surface area contributed by atoms with Crippen LogP contribution < -0.4 is 5.32 Å². The molecule has 0 unspecified atom stereocenters. The second-order valence-electron chi connectivity index (χ2n) is 7.31. The number of rotatable bonds is 7. The number of hydrogen-bond acceptors (Lipinski definition) is 7. The van der Waals surface area contributed by atoms with Crippen LogP contribution in [0.25, 0.3) is 11.1 Å². The summed E-state index contributed by atoms with van der Waals surface area (Å²) in [5.41, 5.74) is 5.50. The van der Waals surface area contributed by atoms with E-state index in [9.17, 15) is 4.79 Å². The standard InChI is InChI=1S/C22H21ClN4O3S/c1-12-8-13(2)21(14(3)9-12)26-19(28)6-7-20-25-18(27-30-20)11-31-22-24-16-10-15(23)4-5-17(16)29-22/h4-5,8-10H,6-7,11H2,1-3H3,(H,26,28). The smallest absolute Gasteiger partial charge is 0.257 e. The van der Waals surface area contributed by atoms with Gasteiger partial charge in [0, 0.05) is 23.6 Å². The number of carbonyl (C=O) groups excluding carboxylic acids is 1. The molecule has 2 aromatic carbocycles. The van der Waals surface area contributed by atoms with Crippen molar-refractivity contribution in [2.75, 3.05) is 5.32 Å². The maximum Gasteiger partial charge on any atom is 0.257 e. The number of oxazole rings is 1. The Balaban J connectivity index is 1.30. The van der Waals surface area contributed by atoms with E-state index in [1.807, 2.05) is 20.8 Å². The van der Waals surface area contributed by atoms with Crippen LogP contribution >= 0.6 is 23.4 Å². The van der Waals surface area contributed by atoms with E-state index in [0.717, 1.165) is 16.8 Å². The molecule has 4 rings (SSSR count). The summed E-state index contributed by atoms with van der Waals surface area (Å²) in [7, 11) is 0. The lowest BCUT2D eigenvalue weighted by atomic mass is 10.0. The van der Waals surface area contributed by atoms with Crippen LogP contribution in [0.3, 0.4) is 0 Å². The van der Waals surface area contributed by atoms with Crippen LogP contribution in [0.5, 0.6) is 0 Å². The second-order valence-corrected chi connectivity index (χ2v) is 8.67. The van der Waals surface area contributed by atoms with Crippen molar-refractivity contribution in [1.29, 1.82) is 0 Å². The highest BCUT2D eigenvalue weighted by Gasteiger charge is 2.13. The summed E-state index contributed by atoms with van der Waals surface area (Å²) in [6.07, 6.45) is 0.627. The van der Waals surface area contributed by atoms with Crippen molar-refractivity contribution in [1.82, 2.24) is 15.1 Å². The van der Waals surface area contributed by atoms with E-state index in [1.165, 1.54) is 17.3 Å². The van der Waals surface area contributed by atoms with Crippen molar-refractivity contribution in [3.05, 3.63) is 63.8 Å². The number of anilines is 1. The molecule has 7 nitrogen and oxygen atoms in total. The summed E-state index contributed by atoms with van der Waals surface area (Å²) in [4.78, 5) is 21.1. The van der Waals surface area contributed by atoms with Gasteiger partial charge in [0.15, 0.2) is 11.4 Å². The Hall–Kier alpha value is -2.84. The Kier molecular flexibility index (Phi) is 6.29. The monoisotopic (exact) mass is 456 g/mol. The number of aryl methyl sites for hydroxylation is 4. The second kappa shape index (κ2) is 9.11. The van der Waals surface area contributed by atoms with Gasteiger partial charge in [-0.15, -0.1) is 0 Å². The molecule has 1 N–H and O–H groups in total. The highest BCUT2D eigenvalue weighted by atomic mass is 35.5. The summed E-state index contributed by atoms with van der Waals surface area (Å²) < 4.78 is 10.9. The van der Waals surface area contributed by atoms with Crippen LogP contribution in [0.15, 0.2) is 44.5 Å². The number of nitrogens with zero attached hydrogens (tertiary/aromatic N) is 3. The van der Waals surface area contributed by atoms with Gasteiger partial charge in [-0.3, -0.25) is 4.79 Å². The summed E-state index contributed by atoms with van der Waals surface area (Å²) in [6.45, 7) is 6.02. The molecule has 0 saturated carbocycles. The zero-order valence-electron chi connectivity index (χ0n) is 17.4. The molecule has 0 spiro atoms. The molecule has 2 heterocycles.